The molecule has 0 unspecified atom stereocenters. The second kappa shape index (κ2) is 9.63. The molecular weight excluding hydrogens is 454 g/mol. The van der Waals surface area contributed by atoms with Gasteiger partial charge in [0.2, 0.25) is 5.91 Å². The van der Waals surface area contributed by atoms with Crippen LogP contribution >= 0.6 is 11.6 Å². The molecule has 0 aliphatic heterocycles. The highest BCUT2D eigenvalue weighted by Gasteiger charge is 2.16. The first kappa shape index (κ1) is 23.0. The number of nitrogens with one attached hydrogen (secondary N) is 2. The molecule has 0 aliphatic carbocycles. The molecule has 2 N–H and O–H groups in total. The zero-order valence-corrected chi connectivity index (χ0v) is 18.4. The lowest BCUT2D eigenvalue weighted by Gasteiger charge is -2.12. The third-order valence-electron chi connectivity index (χ3n) is 4.45. The number of nitro groups is 1. The minimum absolute atomic E-state index is 0.0158. The van der Waals surface area contributed by atoms with Crippen LogP contribution in [0.25, 0.3) is 6.08 Å². The first-order valence-corrected chi connectivity index (χ1v) is 11.1. The molecule has 0 aromatic heterocycles. The molecule has 0 fully saturated rings. The van der Waals surface area contributed by atoms with Crippen LogP contribution in [-0.2, 0) is 14.8 Å². The fraction of sp³-hybridized carbons (Fsp3) is 0.0455. The average molecular weight is 472 g/mol. The van der Waals surface area contributed by atoms with E-state index in [0.29, 0.717) is 27.5 Å². The van der Waals surface area contributed by atoms with Gasteiger partial charge < -0.3 is 5.32 Å². The zero-order chi connectivity index (χ0) is 23.3. The smallest absolute Gasteiger partial charge is 0.270 e. The Bertz CT molecular complexity index is 1310. The number of carbonyl (C=O) groups excluding carboxylic acids is 1. The topological polar surface area (TPSA) is 118 Å². The molecule has 0 heterocycles. The molecule has 0 saturated heterocycles. The highest BCUT2D eigenvalue weighted by atomic mass is 35.5. The summed E-state index contributed by atoms with van der Waals surface area (Å²) in [7, 11) is -3.85. The van der Waals surface area contributed by atoms with Crippen LogP contribution in [0.1, 0.15) is 11.1 Å². The molecule has 3 aromatic rings. The van der Waals surface area contributed by atoms with E-state index in [0.717, 1.165) is 0 Å². The summed E-state index contributed by atoms with van der Waals surface area (Å²) in [5.74, 6) is -0.472. The number of sulfonamides is 1. The van der Waals surface area contributed by atoms with Gasteiger partial charge >= 0.3 is 0 Å². The fourth-order valence-electron chi connectivity index (χ4n) is 2.74. The second-order valence-electron chi connectivity index (χ2n) is 6.72. The van der Waals surface area contributed by atoms with Gasteiger partial charge in [0.15, 0.2) is 0 Å². The normalized spacial score (nSPS) is 11.3. The lowest BCUT2D eigenvalue weighted by molar-refractivity contribution is -0.384. The van der Waals surface area contributed by atoms with Crippen LogP contribution in [0.5, 0.6) is 0 Å². The molecule has 3 rings (SSSR count). The van der Waals surface area contributed by atoms with E-state index in [1.807, 2.05) is 0 Å². The summed E-state index contributed by atoms with van der Waals surface area (Å²) in [5.41, 5.74) is 1.79. The van der Waals surface area contributed by atoms with Crippen molar-refractivity contribution in [3.63, 3.8) is 0 Å². The number of carbonyl (C=O) groups is 1. The highest BCUT2D eigenvalue weighted by Crippen LogP contribution is 2.26. The van der Waals surface area contributed by atoms with Crippen molar-refractivity contribution in [3.05, 3.63) is 99.1 Å². The molecule has 10 heteroatoms. The summed E-state index contributed by atoms with van der Waals surface area (Å²) >= 11 is 6.03. The van der Waals surface area contributed by atoms with E-state index in [4.69, 9.17) is 11.6 Å². The lowest BCUT2D eigenvalue weighted by atomic mass is 10.2. The minimum Gasteiger partial charge on any atom is -0.323 e. The molecule has 0 saturated carbocycles. The van der Waals surface area contributed by atoms with E-state index < -0.39 is 20.9 Å². The summed E-state index contributed by atoms with van der Waals surface area (Å²) in [4.78, 5) is 22.4. The van der Waals surface area contributed by atoms with Gasteiger partial charge in [-0.05, 0) is 60.5 Å². The van der Waals surface area contributed by atoms with E-state index in [1.54, 1.807) is 31.2 Å². The number of nitro benzene ring substituents is 1. The van der Waals surface area contributed by atoms with Crippen LogP contribution in [0.2, 0.25) is 5.02 Å². The zero-order valence-electron chi connectivity index (χ0n) is 16.8. The minimum atomic E-state index is -3.85. The van der Waals surface area contributed by atoms with E-state index in [2.05, 4.69) is 10.0 Å². The van der Waals surface area contributed by atoms with Gasteiger partial charge in [0.05, 0.1) is 15.5 Å². The molecule has 0 spiro atoms. The van der Waals surface area contributed by atoms with E-state index in [1.165, 1.54) is 54.6 Å². The molecule has 0 aliphatic rings. The molecule has 3 aromatic carbocycles. The number of rotatable bonds is 7. The summed E-state index contributed by atoms with van der Waals surface area (Å²) in [6.07, 6.45) is 2.67. The number of halogens is 1. The van der Waals surface area contributed by atoms with Crippen molar-refractivity contribution in [1.29, 1.82) is 0 Å². The molecule has 0 bridgehead atoms. The highest BCUT2D eigenvalue weighted by molar-refractivity contribution is 7.92. The maximum absolute atomic E-state index is 12.6. The van der Waals surface area contributed by atoms with Crippen LogP contribution in [0, 0.1) is 17.0 Å². The number of hydrogen-bond donors (Lipinski definition) is 2. The number of hydrogen-bond acceptors (Lipinski definition) is 5. The molecular formula is C22H18ClN3O5S. The van der Waals surface area contributed by atoms with Crippen molar-refractivity contribution < 1.29 is 18.1 Å². The Kier molecular flexibility index (Phi) is 6.92. The van der Waals surface area contributed by atoms with Gasteiger partial charge in [-0.25, -0.2) is 8.42 Å². The Labute approximate surface area is 189 Å². The van der Waals surface area contributed by atoms with Crippen LogP contribution in [-0.4, -0.2) is 19.2 Å². The van der Waals surface area contributed by atoms with Crippen molar-refractivity contribution in [1.82, 2.24) is 0 Å². The number of nitrogens with zero attached hydrogens (tertiary/aromatic N) is 1. The summed E-state index contributed by atoms with van der Waals surface area (Å²) in [5, 5.41) is 13.9. The summed E-state index contributed by atoms with van der Waals surface area (Å²) in [6, 6.07) is 16.4. The van der Waals surface area contributed by atoms with Gasteiger partial charge in [-0.2, -0.15) is 0 Å². The van der Waals surface area contributed by atoms with Gasteiger partial charge in [0.25, 0.3) is 15.7 Å². The van der Waals surface area contributed by atoms with E-state index in [-0.39, 0.29) is 10.6 Å². The number of benzene rings is 3. The monoisotopic (exact) mass is 471 g/mol. The fourth-order valence-corrected chi connectivity index (χ4v) is 4.03. The third-order valence-corrected chi connectivity index (χ3v) is 6.24. The van der Waals surface area contributed by atoms with Gasteiger partial charge in [0.1, 0.15) is 0 Å². The van der Waals surface area contributed by atoms with Crippen molar-refractivity contribution in [2.24, 2.45) is 0 Å². The van der Waals surface area contributed by atoms with Crippen molar-refractivity contribution in [2.45, 2.75) is 11.8 Å². The standard InChI is InChI=1S/C22H18ClN3O5S/c1-15-20(23)6-3-7-21(15)25-32(30,31)19-11-9-17(10-12-19)24-22(27)13-8-16-4-2-5-18(14-16)26(28)29/h2-14,25H,1H3,(H,24,27)/b13-8+. The van der Waals surface area contributed by atoms with Gasteiger partial charge in [-0.15, -0.1) is 0 Å². The average Bonchev–Trinajstić information content (AvgIpc) is 2.76. The second-order valence-corrected chi connectivity index (χ2v) is 8.81. The molecule has 164 valence electrons. The lowest BCUT2D eigenvalue weighted by Crippen LogP contribution is -2.14. The van der Waals surface area contributed by atoms with Crippen molar-refractivity contribution in [3.8, 4) is 0 Å². The molecule has 8 nitrogen and oxygen atoms in total. The van der Waals surface area contributed by atoms with Crippen molar-refractivity contribution >= 4 is 50.7 Å². The number of non-ortho nitro benzene ring substituents is 1. The molecule has 0 radical (unpaired) electrons. The number of anilines is 2. The summed E-state index contributed by atoms with van der Waals surface area (Å²) in [6.45, 7) is 1.71. The van der Waals surface area contributed by atoms with Crippen LogP contribution < -0.4 is 10.0 Å². The first-order valence-electron chi connectivity index (χ1n) is 9.27. The summed E-state index contributed by atoms with van der Waals surface area (Å²) < 4.78 is 27.8. The molecule has 1 amide bonds. The van der Waals surface area contributed by atoms with Crippen LogP contribution in [0.3, 0.4) is 0 Å². The Morgan fingerprint density at radius 3 is 2.44 bits per heavy atom. The van der Waals surface area contributed by atoms with Gasteiger partial charge in [-0.1, -0.05) is 29.8 Å². The third kappa shape index (κ3) is 5.71. The Morgan fingerprint density at radius 2 is 1.75 bits per heavy atom. The van der Waals surface area contributed by atoms with Gasteiger partial charge in [-0.3, -0.25) is 19.6 Å². The molecule has 0 atom stereocenters. The van der Waals surface area contributed by atoms with Crippen LogP contribution in [0.15, 0.2) is 77.7 Å². The van der Waals surface area contributed by atoms with E-state index in [9.17, 15) is 23.3 Å². The Balaban J connectivity index is 1.67. The van der Waals surface area contributed by atoms with Crippen molar-refractivity contribution in [2.75, 3.05) is 10.0 Å². The predicted octanol–water partition coefficient (Wildman–Crippen LogP) is 5.01. The Morgan fingerprint density at radius 1 is 1.06 bits per heavy atom. The Hall–Kier alpha value is -3.69. The number of amides is 1. The maximum atomic E-state index is 12.6. The predicted molar refractivity (Wildman–Crippen MR) is 124 cm³/mol. The van der Waals surface area contributed by atoms with Crippen LogP contribution in [0.4, 0.5) is 17.1 Å². The van der Waals surface area contributed by atoms with Gasteiger partial charge in [0, 0.05) is 28.9 Å². The largest absolute Gasteiger partial charge is 0.323 e. The van der Waals surface area contributed by atoms with E-state index >= 15 is 0 Å². The maximum Gasteiger partial charge on any atom is 0.270 e. The quantitative estimate of drug-likeness (QED) is 0.285. The molecule has 32 heavy (non-hydrogen) atoms. The first-order chi connectivity index (χ1) is 15.2. The SMILES string of the molecule is Cc1c(Cl)cccc1NS(=O)(=O)c1ccc(NC(=O)/C=C/c2cccc([N+](=O)[O-])c2)cc1.